The fourth-order valence-electron chi connectivity index (χ4n) is 1.47. The highest BCUT2D eigenvalue weighted by Crippen LogP contribution is 2.35. The van der Waals surface area contributed by atoms with E-state index < -0.39 is 36.0 Å². The highest BCUT2D eigenvalue weighted by molar-refractivity contribution is 7.94. The Balaban J connectivity index is 3.85. The van der Waals surface area contributed by atoms with Crippen LogP contribution in [0.4, 0.5) is 11.4 Å². The molecule has 0 aliphatic heterocycles. The van der Waals surface area contributed by atoms with Gasteiger partial charge in [-0.25, -0.2) is 13.7 Å². The fraction of sp³-hybridized carbons (Fsp3) is 0. The van der Waals surface area contributed by atoms with Gasteiger partial charge in [-0.1, -0.05) is 12.7 Å². The minimum absolute atomic E-state index is 0.00902. The summed E-state index contributed by atoms with van der Waals surface area (Å²) < 4.78 is 23.9. The first-order chi connectivity index (χ1) is 9.74. The molecule has 0 aromatic heterocycles. The maximum Gasteiger partial charge on any atom is 0.296 e. The van der Waals surface area contributed by atoms with E-state index in [1.54, 1.807) is 0 Å². The first kappa shape index (κ1) is 16.3. The lowest BCUT2D eigenvalue weighted by atomic mass is 10.1. The quantitative estimate of drug-likeness (QED) is 0.361. The summed E-state index contributed by atoms with van der Waals surface area (Å²) in [5, 5.41) is 30.3. The Hall–Kier alpha value is -2.79. The minimum atomic E-state index is -4.58. The number of sulfone groups is 1. The third kappa shape index (κ3) is 3.40. The van der Waals surface area contributed by atoms with Crippen molar-refractivity contribution < 1.29 is 28.4 Å². The average molecular weight is 316 g/mol. The predicted molar refractivity (Wildman–Crippen MR) is 69.9 cm³/mol. The van der Waals surface area contributed by atoms with E-state index in [1.165, 1.54) is 0 Å². The molecular weight excluding hydrogens is 308 g/mol. The lowest BCUT2D eigenvalue weighted by Crippen LogP contribution is -2.07. The number of rotatable bonds is 6. The summed E-state index contributed by atoms with van der Waals surface area (Å²) in [6.07, 6.45) is 1.41. The number of nitrogens with zero attached hydrogens (tertiary/aromatic N) is 2. The molecule has 21 heavy (non-hydrogen) atoms. The molecule has 112 valence electrons. The molecule has 10 nitrogen and oxygen atoms in total. The van der Waals surface area contributed by atoms with Gasteiger partial charge in [-0.05, 0) is 5.56 Å². The molecule has 0 radical (unpaired) electrons. The molecule has 0 saturated carbocycles. The van der Waals surface area contributed by atoms with Crippen LogP contribution in [0.2, 0.25) is 0 Å². The van der Waals surface area contributed by atoms with E-state index in [0.29, 0.717) is 6.26 Å². The Kier molecular flexibility index (Phi) is 4.73. The Morgan fingerprint density at radius 3 is 2.00 bits per heavy atom. The molecule has 11 heteroatoms. The van der Waals surface area contributed by atoms with E-state index in [2.05, 4.69) is 11.5 Å². The highest BCUT2D eigenvalue weighted by Gasteiger charge is 2.34. The van der Waals surface area contributed by atoms with E-state index in [9.17, 15) is 28.6 Å². The van der Waals surface area contributed by atoms with Crippen molar-refractivity contribution in [2.45, 2.75) is 4.90 Å². The Bertz CT molecular complexity index is 702. The van der Waals surface area contributed by atoms with Crippen LogP contribution < -0.4 is 0 Å². The topological polar surface area (TPSA) is 150 Å². The second kappa shape index (κ2) is 6.11. The van der Waals surface area contributed by atoms with Gasteiger partial charge in [0.15, 0.2) is 0 Å². The molecule has 0 atom stereocenters. The molecule has 0 amide bonds. The summed E-state index contributed by atoms with van der Waals surface area (Å²) in [7, 11) is -4.58. The molecule has 0 saturated heterocycles. The van der Waals surface area contributed by atoms with Crippen molar-refractivity contribution in [3.05, 3.63) is 56.2 Å². The molecule has 0 bridgehead atoms. The van der Waals surface area contributed by atoms with Crippen molar-refractivity contribution in [3.8, 4) is 0 Å². The maximum atomic E-state index is 11.9. The molecule has 1 N–H and O–H groups in total. The van der Waals surface area contributed by atoms with Crippen LogP contribution in [-0.2, 0) is 14.7 Å². The van der Waals surface area contributed by atoms with Crippen molar-refractivity contribution in [1.82, 2.24) is 0 Å². The van der Waals surface area contributed by atoms with Gasteiger partial charge in [0.05, 0.1) is 15.3 Å². The summed E-state index contributed by atoms with van der Waals surface area (Å²) in [6, 6.07) is 1.67. The van der Waals surface area contributed by atoms with Crippen molar-refractivity contribution in [3.63, 3.8) is 0 Å². The second-order valence-electron chi connectivity index (χ2n) is 3.53. The number of nitro benzene ring substituents is 2. The molecule has 1 aromatic carbocycles. The summed E-state index contributed by atoms with van der Waals surface area (Å²) in [5.74, 6) is 0. The average Bonchev–Trinajstić information content (AvgIpc) is 2.43. The van der Waals surface area contributed by atoms with Crippen LogP contribution in [-0.4, -0.2) is 23.5 Å². The number of hydrogen-bond acceptors (Lipinski definition) is 8. The van der Waals surface area contributed by atoms with Gasteiger partial charge in [-0.2, -0.15) is 0 Å². The van der Waals surface area contributed by atoms with Gasteiger partial charge in [0, 0.05) is 12.1 Å². The van der Waals surface area contributed by atoms with E-state index in [4.69, 9.17) is 5.26 Å². The van der Waals surface area contributed by atoms with Gasteiger partial charge in [-0.15, -0.1) is 0 Å². The van der Waals surface area contributed by atoms with Crippen LogP contribution in [0.5, 0.6) is 0 Å². The summed E-state index contributed by atoms with van der Waals surface area (Å²) in [5.41, 5.74) is -1.96. The SMILES string of the molecule is C=Cc1cc([N+](=O)[O-])c(S(=O)(=O)C=COO)c([N+](=O)[O-])c1. The largest absolute Gasteiger partial charge is 0.347 e. The minimum Gasteiger partial charge on any atom is -0.347 e. The van der Waals surface area contributed by atoms with Gasteiger partial charge in [0.2, 0.25) is 14.7 Å². The molecule has 1 aromatic rings. The number of benzene rings is 1. The molecule has 0 spiro atoms. The number of hydrogen-bond donors (Lipinski definition) is 1. The van der Waals surface area contributed by atoms with E-state index >= 15 is 0 Å². The number of nitro groups is 2. The zero-order valence-corrected chi connectivity index (χ0v) is 11.0. The second-order valence-corrected chi connectivity index (χ2v) is 5.30. The van der Waals surface area contributed by atoms with E-state index in [1.807, 2.05) is 0 Å². The monoisotopic (exact) mass is 316 g/mol. The van der Waals surface area contributed by atoms with Crippen LogP contribution in [0.15, 0.2) is 35.3 Å². The van der Waals surface area contributed by atoms with Crippen LogP contribution in [0, 0.1) is 20.2 Å². The standard InChI is InChI=1S/C10H8N2O8S/c1-2-7-5-8(11(13)14)10(9(6-7)12(15)16)21(18,19)4-3-20-17/h2-6,17H,1H2. The molecule has 0 fully saturated rings. The summed E-state index contributed by atoms with van der Waals surface area (Å²) in [6.45, 7) is 3.31. The molecular formula is C10H8N2O8S. The van der Waals surface area contributed by atoms with Gasteiger partial charge in [0.25, 0.3) is 11.4 Å². The Labute approximate surface area is 117 Å². The maximum absolute atomic E-state index is 11.9. The fourth-order valence-corrected chi connectivity index (χ4v) is 2.65. The van der Waals surface area contributed by atoms with Crippen LogP contribution in [0.1, 0.15) is 5.56 Å². The van der Waals surface area contributed by atoms with Gasteiger partial charge in [-0.3, -0.25) is 20.2 Å². The third-order valence-electron chi connectivity index (χ3n) is 2.28. The normalized spacial score (nSPS) is 11.3. The smallest absolute Gasteiger partial charge is 0.296 e. The van der Waals surface area contributed by atoms with Gasteiger partial charge in [0.1, 0.15) is 6.26 Å². The lowest BCUT2D eigenvalue weighted by Gasteiger charge is -2.04. The van der Waals surface area contributed by atoms with Crippen molar-refractivity contribution >= 4 is 27.3 Å². The zero-order valence-electron chi connectivity index (χ0n) is 10.2. The highest BCUT2D eigenvalue weighted by atomic mass is 32.2. The Morgan fingerprint density at radius 2 is 1.67 bits per heavy atom. The van der Waals surface area contributed by atoms with Crippen LogP contribution in [0.3, 0.4) is 0 Å². The van der Waals surface area contributed by atoms with Crippen LogP contribution in [0.25, 0.3) is 6.08 Å². The lowest BCUT2D eigenvalue weighted by molar-refractivity contribution is -0.399. The van der Waals surface area contributed by atoms with Crippen LogP contribution >= 0.6 is 0 Å². The molecule has 0 aliphatic carbocycles. The summed E-state index contributed by atoms with van der Waals surface area (Å²) in [4.78, 5) is 22.1. The van der Waals surface area contributed by atoms with Gasteiger partial charge < -0.3 is 4.89 Å². The van der Waals surface area contributed by atoms with E-state index in [-0.39, 0.29) is 11.0 Å². The zero-order chi connectivity index (χ0) is 16.2. The molecule has 0 aliphatic rings. The molecule has 0 unspecified atom stereocenters. The molecule has 0 heterocycles. The van der Waals surface area contributed by atoms with Crippen molar-refractivity contribution in [1.29, 1.82) is 0 Å². The first-order valence-corrected chi connectivity index (χ1v) is 6.60. The molecule has 1 rings (SSSR count). The predicted octanol–water partition coefficient (Wildman–Crippen LogP) is 1.88. The van der Waals surface area contributed by atoms with Crippen molar-refractivity contribution in [2.24, 2.45) is 0 Å². The third-order valence-corrected chi connectivity index (χ3v) is 3.74. The first-order valence-electron chi connectivity index (χ1n) is 5.05. The van der Waals surface area contributed by atoms with Gasteiger partial charge >= 0.3 is 0 Å². The van der Waals surface area contributed by atoms with E-state index in [0.717, 1.165) is 18.2 Å². The summed E-state index contributed by atoms with van der Waals surface area (Å²) >= 11 is 0. The Morgan fingerprint density at radius 1 is 1.19 bits per heavy atom. The van der Waals surface area contributed by atoms with Crippen molar-refractivity contribution in [2.75, 3.05) is 0 Å².